The fourth-order valence-electron chi connectivity index (χ4n) is 3.94. The molecule has 4 rings (SSSR count). The van der Waals surface area contributed by atoms with E-state index in [0.29, 0.717) is 18.4 Å². The third-order valence-corrected chi connectivity index (χ3v) is 6.68. The van der Waals surface area contributed by atoms with Crippen LogP contribution in [0.15, 0.2) is 41.6 Å². The zero-order valence-electron chi connectivity index (χ0n) is 15.1. The fourth-order valence-corrected chi connectivity index (χ4v) is 5.22. The molecule has 5 nitrogen and oxygen atoms in total. The maximum absolute atomic E-state index is 12.9. The molecule has 2 aliphatic heterocycles. The van der Waals surface area contributed by atoms with E-state index in [1.807, 2.05) is 12.4 Å². The Kier molecular flexibility index (Phi) is 5.31. The van der Waals surface area contributed by atoms with Crippen LogP contribution < -0.4 is 0 Å². The number of aromatic nitrogens is 2. The molecule has 0 radical (unpaired) electrons. The number of fused-ring (bicyclic) bond motifs is 1. The molecular weight excluding hydrogens is 346 g/mol. The first kappa shape index (κ1) is 17.6. The summed E-state index contributed by atoms with van der Waals surface area (Å²) in [5, 5.41) is 0.0487. The smallest absolute Gasteiger partial charge is 0.236 e. The van der Waals surface area contributed by atoms with Crippen molar-refractivity contribution in [1.29, 1.82) is 0 Å². The molecule has 3 heterocycles. The number of methoxy groups -OCH3 is 1. The van der Waals surface area contributed by atoms with E-state index >= 15 is 0 Å². The second-order valence-corrected chi connectivity index (χ2v) is 8.23. The summed E-state index contributed by atoms with van der Waals surface area (Å²) in [6, 6.07) is 8.38. The molecule has 0 N–H and O–H groups in total. The van der Waals surface area contributed by atoms with Crippen LogP contribution in [0, 0.1) is 0 Å². The Morgan fingerprint density at radius 3 is 2.88 bits per heavy atom. The molecule has 26 heavy (non-hydrogen) atoms. The SMILES string of the molecule is COCCn1ccnc1C1CCN(C(=O)C2Cc3ccccc3S2)CC1. The van der Waals surface area contributed by atoms with Crippen molar-refractivity contribution in [1.82, 2.24) is 14.5 Å². The number of thioether (sulfide) groups is 1. The van der Waals surface area contributed by atoms with Crippen molar-refractivity contribution in [3.05, 3.63) is 48.0 Å². The number of hydrogen-bond donors (Lipinski definition) is 0. The van der Waals surface area contributed by atoms with Gasteiger partial charge < -0.3 is 14.2 Å². The molecule has 2 aromatic rings. The minimum Gasteiger partial charge on any atom is -0.383 e. The van der Waals surface area contributed by atoms with Crippen LogP contribution in [-0.4, -0.2) is 52.4 Å². The van der Waals surface area contributed by atoms with Gasteiger partial charge in [0.05, 0.1) is 11.9 Å². The Morgan fingerprint density at radius 2 is 2.12 bits per heavy atom. The monoisotopic (exact) mass is 371 g/mol. The highest BCUT2D eigenvalue weighted by Gasteiger charge is 2.34. The van der Waals surface area contributed by atoms with Crippen molar-refractivity contribution >= 4 is 17.7 Å². The van der Waals surface area contributed by atoms with Crippen LogP contribution in [0.3, 0.4) is 0 Å². The number of carbonyl (C=O) groups excluding carboxylic acids is 1. The van der Waals surface area contributed by atoms with E-state index < -0.39 is 0 Å². The van der Waals surface area contributed by atoms with E-state index in [2.05, 4.69) is 38.7 Å². The molecule has 1 aromatic heterocycles. The zero-order chi connectivity index (χ0) is 17.9. The molecule has 1 aromatic carbocycles. The van der Waals surface area contributed by atoms with E-state index in [0.717, 1.165) is 44.7 Å². The molecule has 0 spiro atoms. The van der Waals surface area contributed by atoms with Gasteiger partial charge in [0, 0.05) is 50.0 Å². The number of hydrogen-bond acceptors (Lipinski definition) is 4. The van der Waals surface area contributed by atoms with E-state index in [1.165, 1.54) is 10.5 Å². The summed E-state index contributed by atoms with van der Waals surface area (Å²) in [6.07, 6.45) is 6.73. The molecule has 0 saturated carbocycles. The third-order valence-electron chi connectivity index (χ3n) is 5.38. The lowest BCUT2D eigenvalue weighted by Crippen LogP contribution is -2.42. The number of benzene rings is 1. The molecule has 6 heteroatoms. The number of imidazole rings is 1. The number of carbonyl (C=O) groups is 1. The maximum atomic E-state index is 12.9. The topological polar surface area (TPSA) is 47.4 Å². The van der Waals surface area contributed by atoms with Gasteiger partial charge in [-0.2, -0.15) is 0 Å². The minimum atomic E-state index is 0.0487. The van der Waals surface area contributed by atoms with Crippen molar-refractivity contribution in [2.75, 3.05) is 26.8 Å². The average molecular weight is 372 g/mol. The number of likely N-dealkylation sites (tertiary alicyclic amines) is 1. The van der Waals surface area contributed by atoms with Crippen LogP contribution in [-0.2, 0) is 22.5 Å². The molecule has 0 aliphatic carbocycles. The number of ether oxygens (including phenoxy) is 1. The van der Waals surface area contributed by atoms with Gasteiger partial charge in [-0.05, 0) is 30.9 Å². The third kappa shape index (κ3) is 3.53. The second-order valence-electron chi connectivity index (χ2n) is 6.99. The number of amides is 1. The Balaban J connectivity index is 1.34. The Bertz CT molecular complexity index is 743. The van der Waals surface area contributed by atoms with Crippen LogP contribution in [0.2, 0.25) is 0 Å². The number of rotatable bonds is 5. The highest BCUT2D eigenvalue weighted by Crippen LogP contribution is 2.38. The van der Waals surface area contributed by atoms with E-state index in [4.69, 9.17) is 4.74 Å². The molecule has 138 valence electrons. The molecule has 0 bridgehead atoms. The molecule has 1 saturated heterocycles. The summed E-state index contributed by atoms with van der Waals surface area (Å²) < 4.78 is 7.38. The summed E-state index contributed by atoms with van der Waals surface area (Å²) in [7, 11) is 1.72. The van der Waals surface area contributed by atoms with Crippen molar-refractivity contribution in [3.63, 3.8) is 0 Å². The first-order valence-corrected chi connectivity index (χ1v) is 10.2. The van der Waals surface area contributed by atoms with Crippen LogP contribution in [0.1, 0.15) is 30.1 Å². The lowest BCUT2D eigenvalue weighted by atomic mass is 9.95. The largest absolute Gasteiger partial charge is 0.383 e. The van der Waals surface area contributed by atoms with Gasteiger partial charge >= 0.3 is 0 Å². The Labute approximate surface area is 158 Å². The zero-order valence-corrected chi connectivity index (χ0v) is 16.0. The van der Waals surface area contributed by atoms with Gasteiger partial charge in [-0.25, -0.2) is 4.98 Å². The van der Waals surface area contributed by atoms with Gasteiger partial charge in [0.2, 0.25) is 5.91 Å². The van der Waals surface area contributed by atoms with Crippen molar-refractivity contribution in [2.45, 2.75) is 41.9 Å². The lowest BCUT2D eigenvalue weighted by Gasteiger charge is -2.33. The van der Waals surface area contributed by atoms with Crippen LogP contribution in [0.4, 0.5) is 0 Å². The highest BCUT2D eigenvalue weighted by atomic mass is 32.2. The quantitative estimate of drug-likeness (QED) is 0.811. The summed E-state index contributed by atoms with van der Waals surface area (Å²) >= 11 is 1.73. The van der Waals surface area contributed by atoms with E-state index in [-0.39, 0.29) is 5.25 Å². The molecular formula is C20H25N3O2S. The van der Waals surface area contributed by atoms with Gasteiger partial charge in [-0.3, -0.25) is 4.79 Å². The van der Waals surface area contributed by atoms with Crippen molar-refractivity contribution in [2.24, 2.45) is 0 Å². The van der Waals surface area contributed by atoms with Crippen molar-refractivity contribution < 1.29 is 9.53 Å². The summed E-state index contributed by atoms with van der Waals surface area (Å²) in [6.45, 7) is 3.18. The van der Waals surface area contributed by atoms with Gasteiger partial charge in [0.15, 0.2) is 0 Å². The standard InChI is InChI=1S/C20H25N3O2S/c1-25-13-12-22-11-8-21-19(22)15-6-9-23(10-7-15)20(24)18-14-16-4-2-3-5-17(16)26-18/h2-5,8,11,15,18H,6-7,9-10,12-14H2,1H3. The number of piperidine rings is 1. The summed E-state index contributed by atoms with van der Waals surface area (Å²) in [5.41, 5.74) is 1.31. The summed E-state index contributed by atoms with van der Waals surface area (Å²) in [5.74, 6) is 1.86. The molecule has 1 amide bonds. The summed E-state index contributed by atoms with van der Waals surface area (Å²) in [4.78, 5) is 20.8. The molecule has 1 fully saturated rings. The second kappa shape index (κ2) is 7.84. The van der Waals surface area contributed by atoms with Gasteiger partial charge in [-0.1, -0.05) is 18.2 Å². The van der Waals surface area contributed by atoms with Crippen LogP contribution >= 0.6 is 11.8 Å². The average Bonchev–Trinajstić information content (AvgIpc) is 3.32. The predicted molar refractivity (Wildman–Crippen MR) is 102 cm³/mol. The van der Waals surface area contributed by atoms with Gasteiger partial charge in [0.25, 0.3) is 0 Å². The Hall–Kier alpha value is -1.79. The molecule has 1 unspecified atom stereocenters. The first-order valence-electron chi connectivity index (χ1n) is 9.29. The van der Waals surface area contributed by atoms with E-state index in [1.54, 1.807) is 18.9 Å². The van der Waals surface area contributed by atoms with Crippen molar-refractivity contribution in [3.8, 4) is 0 Å². The minimum absolute atomic E-state index is 0.0487. The fraction of sp³-hybridized carbons (Fsp3) is 0.500. The predicted octanol–water partition coefficient (Wildman–Crippen LogP) is 2.95. The highest BCUT2D eigenvalue weighted by molar-refractivity contribution is 8.01. The normalized spacial score (nSPS) is 20.3. The van der Waals surface area contributed by atoms with Gasteiger partial charge in [-0.15, -0.1) is 11.8 Å². The van der Waals surface area contributed by atoms with Crippen LogP contribution in [0.25, 0.3) is 0 Å². The molecule has 2 aliphatic rings. The first-order chi connectivity index (χ1) is 12.8. The van der Waals surface area contributed by atoms with Gasteiger partial charge in [0.1, 0.15) is 5.82 Å². The Morgan fingerprint density at radius 1 is 1.31 bits per heavy atom. The number of nitrogens with zero attached hydrogens (tertiary/aromatic N) is 3. The lowest BCUT2D eigenvalue weighted by molar-refractivity contribution is -0.131. The molecule has 1 atom stereocenters. The maximum Gasteiger partial charge on any atom is 0.236 e. The van der Waals surface area contributed by atoms with E-state index in [9.17, 15) is 4.79 Å². The van der Waals surface area contributed by atoms with Crippen LogP contribution in [0.5, 0.6) is 0 Å².